The molecule has 0 aliphatic rings. The molecule has 0 spiro atoms. The molecule has 0 atom stereocenters. The molecule has 5 nitrogen and oxygen atoms in total. The Morgan fingerprint density at radius 1 is 1.37 bits per heavy atom. The molecular formula is C12H12N4OS2. The van der Waals surface area contributed by atoms with Crippen molar-refractivity contribution in [3.63, 3.8) is 0 Å². The van der Waals surface area contributed by atoms with Crippen LogP contribution in [0.5, 0.6) is 0 Å². The van der Waals surface area contributed by atoms with Crippen LogP contribution in [-0.4, -0.2) is 20.9 Å². The minimum Gasteiger partial charge on any atom is -0.334 e. The van der Waals surface area contributed by atoms with Crippen molar-refractivity contribution in [3.8, 4) is 0 Å². The first-order chi connectivity index (χ1) is 9.02. The molecule has 19 heavy (non-hydrogen) atoms. The molecule has 3 rings (SSSR count). The molecule has 0 unspecified atom stereocenters. The van der Waals surface area contributed by atoms with Crippen molar-refractivity contribution in [2.45, 2.75) is 19.0 Å². The number of thiophene rings is 1. The lowest BCUT2D eigenvalue weighted by molar-refractivity contribution is 0.784. The number of hydrogen-bond acceptors (Lipinski definition) is 6. The Balaban J connectivity index is 2.59. The highest BCUT2D eigenvalue weighted by atomic mass is 32.2. The van der Waals surface area contributed by atoms with Gasteiger partial charge in [-0.2, -0.15) is 0 Å². The summed E-state index contributed by atoms with van der Waals surface area (Å²) in [6.45, 7) is 3.95. The summed E-state index contributed by atoms with van der Waals surface area (Å²) in [7, 11) is 0. The standard InChI is InChI=1S/C12H12N4OS2/c1-5-4-6(2)14-10-7(5)8-9(19-10)11(17)16(13)12(15-8)18-3/h4H,13H2,1-3H3. The van der Waals surface area contributed by atoms with Crippen LogP contribution < -0.4 is 11.4 Å². The van der Waals surface area contributed by atoms with Gasteiger partial charge in [0.1, 0.15) is 9.53 Å². The summed E-state index contributed by atoms with van der Waals surface area (Å²) in [5.41, 5.74) is 2.52. The summed E-state index contributed by atoms with van der Waals surface area (Å²) in [6, 6.07) is 2.00. The van der Waals surface area contributed by atoms with Crippen LogP contribution in [-0.2, 0) is 0 Å². The smallest absolute Gasteiger partial charge is 0.290 e. The van der Waals surface area contributed by atoms with E-state index in [1.807, 2.05) is 26.2 Å². The number of pyridine rings is 1. The van der Waals surface area contributed by atoms with E-state index < -0.39 is 0 Å². The molecule has 0 bridgehead atoms. The first kappa shape index (κ1) is 12.4. The molecule has 3 heterocycles. The highest BCUT2D eigenvalue weighted by molar-refractivity contribution is 7.98. The van der Waals surface area contributed by atoms with E-state index in [-0.39, 0.29) is 5.56 Å². The van der Waals surface area contributed by atoms with Gasteiger partial charge in [-0.05, 0) is 31.7 Å². The van der Waals surface area contributed by atoms with Crippen molar-refractivity contribution in [2.24, 2.45) is 0 Å². The summed E-state index contributed by atoms with van der Waals surface area (Å²) >= 11 is 2.71. The molecular weight excluding hydrogens is 280 g/mol. The molecule has 0 saturated heterocycles. The molecule has 0 fully saturated rings. The third-order valence-corrected chi connectivity index (χ3v) is 4.69. The van der Waals surface area contributed by atoms with Crippen LogP contribution >= 0.6 is 23.1 Å². The lowest BCUT2D eigenvalue weighted by Gasteiger charge is -2.04. The number of aryl methyl sites for hydroxylation is 2. The second-order valence-corrected chi connectivity index (χ2v) is 6.09. The number of nitrogens with two attached hydrogens (primary N) is 1. The third kappa shape index (κ3) is 1.73. The monoisotopic (exact) mass is 292 g/mol. The van der Waals surface area contributed by atoms with E-state index in [0.29, 0.717) is 15.4 Å². The molecule has 7 heteroatoms. The number of fused-ring (bicyclic) bond motifs is 3. The average Bonchev–Trinajstić information content (AvgIpc) is 2.72. The Morgan fingerprint density at radius 3 is 2.79 bits per heavy atom. The molecule has 0 aliphatic heterocycles. The van der Waals surface area contributed by atoms with Gasteiger partial charge in [-0.3, -0.25) is 4.79 Å². The van der Waals surface area contributed by atoms with Crippen molar-refractivity contribution in [1.29, 1.82) is 0 Å². The highest BCUT2D eigenvalue weighted by Crippen LogP contribution is 2.32. The van der Waals surface area contributed by atoms with Crippen LogP contribution in [0.2, 0.25) is 0 Å². The molecule has 0 aliphatic carbocycles. The molecule has 3 aromatic heterocycles. The Bertz CT molecular complexity index is 866. The van der Waals surface area contributed by atoms with Crippen molar-refractivity contribution in [3.05, 3.63) is 27.7 Å². The quantitative estimate of drug-likeness (QED) is 0.422. The molecule has 0 amide bonds. The summed E-state index contributed by atoms with van der Waals surface area (Å²) < 4.78 is 1.67. The predicted molar refractivity (Wildman–Crippen MR) is 80.6 cm³/mol. The number of nitrogens with zero attached hydrogens (tertiary/aromatic N) is 3. The van der Waals surface area contributed by atoms with Crippen LogP contribution in [0.1, 0.15) is 11.3 Å². The van der Waals surface area contributed by atoms with Crippen LogP contribution in [0.4, 0.5) is 0 Å². The van der Waals surface area contributed by atoms with Gasteiger partial charge in [0.15, 0.2) is 5.16 Å². The second-order valence-electron chi connectivity index (χ2n) is 4.31. The fourth-order valence-corrected chi connectivity index (χ4v) is 3.80. The maximum Gasteiger partial charge on any atom is 0.290 e. The largest absolute Gasteiger partial charge is 0.334 e. The topological polar surface area (TPSA) is 73.8 Å². The van der Waals surface area contributed by atoms with Gasteiger partial charge in [0, 0.05) is 11.1 Å². The van der Waals surface area contributed by atoms with Crippen molar-refractivity contribution in [1.82, 2.24) is 14.6 Å². The summed E-state index contributed by atoms with van der Waals surface area (Å²) in [5, 5.41) is 1.47. The van der Waals surface area contributed by atoms with Crippen molar-refractivity contribution < 1.29 is 0 Å². The maximum absolute atomic E-state index is 12.2. The Hall–Kier alpha value is -1.60. The lowest BCUT2D eigenvalue weighted by Crippen LogP contribution is -2.29. The third-order valence-electron chi connectivity index (χ3n) is 2.97. The van der Waals surface area contributed by atoms with E-state index >= 15 is 0 Å². The minimum atomic E-state index is -0.214. The number of nitrogen functional groups attached to an aromatic ring is 1. The van der Waals surface area contributed by atoms with E-state index in [9.17, 15) is 4.79 Å². The normalized spacial score (nSPS) is 11.5. The van der Waals surface area contributed by atoms with Crippen LogP contribution in [0.25, 0.3) is 20.4 Å². The summed E-state index contributed by atoms with van der Waals surface area (Å²) in [6.07, 6.45) is 1.85. The summed E-state index contributed by atoms with van der Waals surface area (Å²) in [4.78, 5) is 22.1. The van der Waals surface area contributed by atoms with Gasteiger partial charge in [-0.1, -0.05) is 11.8 Å². The Labute approximate surface area is 117 Å². The van der Waals surface area contributed by atoms with Crippen LogP contribution in [0, 0.1) is 13.8 Å². The summed E-state index contributed by atoms with van der Waals surface area (Å²) in [5.74, 6) is 5.76. The van der Waals surface area contributed by atoms with Gasteiger partial charge < -0.3 is 5.84 Å². The van der Waals surface area contributed by atoms with E-state index in [1.54, 1.807) is 0 Å². The maximum atomic E-state index is 12.2. The Morgan fingerprint density at radius 2 is 2.11 bits per heavy atom. The fourth-order valence-electron chi connectivity index (χ4n) is 2.16. The second kappa shape index (κ2) is 4.21. The van der Waals surface area contributed by atoms with Gasteiger partial charge in [-0.25, -0.2) is 14.6 Å². The van der Waals surface area contributed by atoms with Crippen LogP contribution in [0.15, 0.2) is 16.0 Å². The lowest BCUT2D eigenvalue weighted by atomic mass is 10.1. The molecule has 0 aromatic carbocycles. The zero-order valence-electron chi connectivity index (χ0n) is 10.7. The van der Waals surface area contributed by atoms with Crippen molar-refractivity contribution in [2.75, 3.05) is 12.1 Å². The van der Waals surface area contributed by atoms with Gasteiger partial charge in [-0.15, -0.1) is 11.3 Å². The van der Waals surface area contributed by atoms with E-state index in [0.717, 1.165) is 26.2 Å². The molecule has 3 aromatic rings. The SMILES string of the molecule is CSc1nc2c(sc3nc(C)cc(C)c32)c(=O)n1N. The predicted octanol–water partition coefficient (Wildman–Crippen LogP) is 2.06. The number of aromatic nitrogens is 3. The average molecular weight is 292 g/mol. The first-order valence-corrected chi connectivity index (χ1v) is 7.69. The minimum absolute atomic E-state index is 0.214. The molecule has 98 valence electrons. The Kier molecular flexibility index (Phi) is 2.75. The first-order valence-electron chi connectivity index (χ1n) is 5.65. The van der Waals surface area contributed by atoms with Crippen molar-refractivity contribution >= 4 is 43.5 Å². The number of rotatable bonds is 1. The zero-order valence-corrected chi connectivity index (χ0v) is 12.4. The molecule has 0 radical (unpaired) electrons. The zero-order chi connectivity index (χ0) is 13.7. The molecule has 2 N–H and O–H groups in total. The van der Waals surface area contributed by atoms with E-state index in [1.165, 1.54) is 23.1 Å². The number of thioether (sulfide) groups is 1. The molecule has 0 saturated carbocycles. The number of hydrogen-bond donors (Lipinski definition) is 1. The highest BCUT2D eigenvalue weighted by Gasteiger charge is 2.16. The van der Waals surface area contributed by atoms with Gasteiger partial charge >= 0.3 is 0 Å². The van der Waals surface area contributed by atoms with Crippen LogP contribution in [0.3, 0.4) is 0 Å². The fraction of sp³-hybridized carbons (Fsp3) is 0.250. The van der Waals surface area contributed by atoms with Gasteiger partial charge in [0.05, 0.1) is 5.52 Å². The van der Waals surface area contributed by atoms with E-state index in [2.05, 4.69) is 9.97 Å². The van der Waals surface area contributed by atoms with Gasteiger partial charge in [0.2, 0.25) is 0 Å². The van der Waals surface area contributed by atoms with Gasteiger partial charge in [0.25, 0.3) is 5.56 Å². The van der Waals surface area contributed by atoms with E-state index in [4.69, 9.17) is 5.84 Å².